The summed E-state index contributed by atoms with van der Waals surface area (Å²) in [7, 11) is 0. The molecule has 1 rings (SSSR count). The van der Waals surface area contributed by atoms with Crippen LogP contribution < -0.4 is 4.90 Å². The zero-order valence-electron chi connectivity index (χ0n) is 12.7. The second kappa shape index (κ2) is 7.16. The first-order chi connectivity index (χ1) is 10.9. The van der Waals surface area contributed by atoms with Gasteiger partial charge in [0.05, 0.1) is 11.3 Å². The van der Waals surface area contributed by atoms with E-state index in [9.17, 15) is 33.2 Å². The van der Waals surface area contributed by atoms with Crippen LogP contribution in [0.3, 0.4) is 0 Å². The average molecular weight is 371 g/mol. The Bertz CT molecular complexity index is 643. The number of carboxylic acids is 1. The predicted molar refractivity (Wildman–Crippen MR) is 78.0 cm³/mol. The van der Waals surface area contributed by atoms with Crippen LogP contribution in [0.15, 0.2) is 6.20 Å². The van der Waals surface area contributed by atoms with Gasteiger partial charge < -0.3 is 10.0 Å². The molecular formula is C12H14ClF3N4O4. The molecule has 24 heavy (non-hydrogen) atoms. The summed E-state index contributed by atoms with van der Waals surface area (Å²) < 4.78 is 37.8. The molecule has 1 atom stereocenters. The minimum absolute atomic E-state index is 0.126. The lowest BCUT2D eigenvalue weighted by molar-refractivity contribution is -0.384. The van der Waals surface area contributed by atoms with Crippen LogP contribution in [0.4, 0.5) is 24.7 Å². The van der Waals surface area contributed by atoms with E-state index >= 15 is 0 Å². The molecule has 134 valence electrons. The molecule has 12 heteroatoms. The second-order valence-corrected chi connectivity index (χ2v) is 5.39. The van der Waals surface area contributed by atoms with Gasteiger partial charge in [-0.05, 0) is 24.9 Å². The number of rotatable bonds is 7. The van der Waals surface area contributed by atoms with Crippen LogP contribution in [0.2, 0.25) is 5.28 Å². The SMILES string of the molecule is CCC(C)(C(=O)O)N(CCC(F)(F)F)c1nc(Cl)ncc1[N+](=O)[O-]. The number of nitrogens with zero attached hydrogens (tertiary/aromatic N) is 4. The van der Waals surface area contributed by atoms with Crippen molar-refractivity contribution < 1.29 is 28.0 Å². The van der Waals surface area contributed by atoms with Crippen molar-refractivity contribution >= 4 is 29.1 Å². The van der Waals surface area contributed by atoms with E-state index in [1.807, 2.05) is 0 Å². The maximum absolute atomic E-state index is 12.6. The molecule has 0 saturated heterocycles. The Morgan fingerprint density at radius 2 is 2.08 bits per heavy atom. The zero-order chi connectivity index (χ0) is 18.7. The normalized spacial score (nSPS) is 14.1. The maximum Gasteiger partial charge on any atom is 0.390 e. The van der Waals surface area contributed by atoms with Gasteiger partial charge in [-0.3, -0.25) is 10.1 Å². The highest BCUT2D eigenvalue weighted by Crippen LogP contribution is 2.35. The van der Waals surface area contributed by atoms with Crippen molar-refractivity contribution in [3.05, 3.63) is 21.6 Å². The third-order valence-corrected chi connectivity index (χ3v) is 3.72. The lowest BCUT2D eigenvalue weighted by Crippen LogP contribution is -2.54. The van der Waals surface area contributed by atoms with E-state index in [-0.39, 0.29) is 6.42 Å². The summed E-state index contributed by atoms with van der Waals surface area (Å²) in [4.78, 5) is 29.5. The summed E-state index contributed by atoms with van der Waals surface area (Å²) in [5.74, 6) is -2.02. The molecule has 0 aliphatic carbocycles. The Morgan fingerprint density at radius 3 is 2.50 bits per heavy atom. The molecule has 0 bridgehead atoms. The molecular weight excluding hydrogens is 357 g/mol. The van der Waals surface area contributed by atoms with Gasteiger partial charge in [0.1, 0.15) is 11.7 Å². The van der Waals surface area contributed by atoms with Crippen LogP contribution in [0.25, 0.3) is 0 Å². The van der Waals surface area contributed by atoms with Crippen molar-refractivity contribution in [1.29, 1.82) is 0 Å². The van der Waals surface area contributed by atoms with Gasteiger partial charge >= 0.3 is 17.8 Å². The summed E-state index contributed by atoms with van der Waals surface area (Å²) in [6, 6.07) is 0. The number of aliphatic carboxylic acids is 1. The number of anilines is 1. The Labute approximate surface area is 139 Å². The smallest absolute Gasteiger partial charge is 0.390 e. The van der Waals surface area contributed by atoms with Crippen molar-refractivity contribution in [2.75, 3.05) is 11.4 Å². The molecule has 1 aromatic heterocycles. The lowest BCUT2D eigenvalue weighted by atomic mass is 9.95. The van der Waals surface area contributed by atoms with Crippen LogP contribution in [-0.2, 0) is 4.79 Å². The van der Waals surface area contributed by atoms with Crippen LogP contribution in [0.1, 0.15) is 26.7 Å². The molecule has 1 unspecified atom stereocenters. The number of nitro groups is 1. The Balaban J connectivity index is 3.51. The molecule has 1 aromatic rings. The molecule has 1 heterocycles. The molecule has 8 nitrogen and oxygen atoms in total. The highest BCUT2D eigenvalue weighted by molar-refractivity contribution is 6.28. The number of hydrogen-bond donors (Lipinski definition) is 1. The largest absolute Gasteiger partial charge is 0.480 e. The summed E-state index contributed by atoms with van der Waals surface area (Å²) >= 11 is 5.59. The van der Waals surface area contributed by atoms with E-state index in [1.165, 1.54) is 6.92 Å². The molecule has 0 saturated carbocycles. The fourth-order valence-corrected chi connectivity index (χ4v) is 2.08. The van der Waals surface area contributed by atoms with Crippen molar-refractivity contribution in [3.63, 3.8) is 0 Å². The van der Waals surface area contributed by atoms with E-state index in [0.29, 0.717) is 0 Å². The Hall–Kier alpha value is -2.17. The van der Waals surface area contributed by atoms with E-state index < -0.39 is 52.4 Å². The molecule has 0 aliphatic rings. The summed E-state index contributed by atoms with van der Waals surface area (Å²) in [6.07, 6.45) is -5.37. The quantitative estimate of drug-likeness (QED) is 0.446. The van der Waals surface area contributed by atoms with Crippen LogP contribution in [0.5, 0.6) is 0 Å². The van der Waals surface area contributed by atoms with Crippen LogP contribution in [-0.4, -0.2) is 44.2 Å². The standard InChI is InChI=1S/C12H14ClF3N4O4/c1-3-11(2,9(21)22)19(5-4-12(14,15)16)8-7(20(23)24)6-17-10(13)18-8/h6H,3-5H2,1-2H3,(H,21,22). The first-order valence-corrected chi connectivity index (χ1v) is 7.05. The van der Waals surface area contributed by atoms with E-state index in [1.54, 1.807) is 0 Å². The van der Waals surface area contributed by atoms with E-state index in [2.05, 4.69) is 9.97 Å². The number of carboxylic acid groups (broad SMARTS) is 1. The molecule has 0 aliphatic heterocycles. The maximum atomic E-state index is 12.6. The zero-order valence-corrected chi connectivity index (χ0v) is 13.4. The molecule has 0 amide bonds. The Morgan fingerprint density at radius 1 is 1.50 bits per heavy atom. The highest BCUT2D eigenvalue weighted by Gasteiger charge is 2.43. The fourth-order valence-electron chi connectivity index (χ4n) is 1.96. The highest BCUT2D eigenvalue weighted by atomic mass is 35.5. The first kappa shape index (κ1) is 19.9. The van der Waals surface area contributed by atoms with Crippen LogP contribution in [0, 0.1) is 10.1 Å². The van der Waals surface area contributed by atoms with Gasteiger partial charge in [0.2, 0.25) is 11.1 Å². The molecule has 1 N–H and O–H groups in total. The topological polar surface area (TPSA) is 109 Å². The number of halogens is 4. The average Bonchev–Trinajstić information content (AvgIpc) is 2.45. The molecule has 0 fully saturated rings. The minimum Gasteiger partial charge on any atom is -0.480 e. The van der Waals surface area contributed by atoms with Gasteiger partial charge in [0.15, 0.2) is 0 Å². The van der Waals surface area contributed by atoms with Crippen LogP contribution >= 0.6 is 11.6 Å². The number of alkyl halides is 3. The van der Waals surface area contributed by atoms with Gasteiger partial charge in [-0.2, -0.15) is 18.2 Å². The van der Waals surface area contributed by atoms with Gasteiger partial charge in [0, 0.05) is 6.54 Å². The monoisotopic (exact) mass is 370 g/mol. The van der Waals surface area contributed by atoms with Crippen molar-refractivity contribution in [1.82, 2.24) is 9.97 Å². The van der Waals surface area contributed by atoms with Gasteiger partial charge in [-0.1, -0.05) is 6.92 Å². The number of hydrogen-bond acceptors (Lipinski definition) is 6. The lowest BCUT2D eigenvalue weighted by Gasteiger charge is -2.38. The summed E-state index contributed by atoms with van der Waals surface area (Å²) in [5, 5.41) is 20.1. The number of aromatic nitrogens is 2. The van der Waals surface area contributed by atoms with Gasteiger partial charge in [0.25, 0.3) is 0 Å². The minimum atomic E-state index is -4.59. The number of carbonyl (C=O) groups is 1. The third-order valence-electron chi connectivity index (χ3n) is 3.54. The van der Waals surface area contributed by atoms with Crippen molar-refractivity contribution in [2.45, 2.75) is 38.4 Å². The summed E-state index contributed by atoms with van der Waals surface area (Å²) in [6.45, 7) is 1.75. The molecule has 0 spiro atoms. The van der Waals surface area contributed by atoms with E-state index in [4.69, 9.17) is 11.6 Å². The summed E-state index contributed by atoms with van der Waals surface area (Å²) in [5.41, 5.74) is -2.59. The predicted octanol–water partition coefficient (Wildman–Crippen LogP) is 3.05. The fraction of sp³-hybridized carbons (Fsp3) is 0.583. The molecule has 0 radical (unpaired) electrons. The third kappa shape index (κ3) is 4.43. The second-order valence-electron chi connectivity index (χ2n) is 5.05. The molecule has 0 aromatic carbocycles. The van der Waals surface area contributed by atoms with Gasteiger partial charge in [-0.15, -0.1) is 0 Å². The Kier molecular flexibility index (Phi) is 5.93. The van der Waals surface area contributed by atoms with Crippen molar-refractivity contribution in [2.24, 2.45) is 0 Å². The first-order valence-electron chi connectivity index (χ1n) is 6.67. The van der Waals surface area contributed by atoms with Crippen molar-refractivity contribution in [3.8, 4) is 0 Å². The van der Waals surface area contributed by atoms with E-state index in [0.717, 1.165) is 18.0 Å². The van der Waals surface area contributed by atoms with Gasteiger partial charge in [-0.25, -0.2) is 9.78 Å².